The smallest absolute Gasteiger partial charge is 0.327 e. The maximum atomic E-state index is 13.1. The number of nitrogens with zero attached hydrogens (tertiary/aromatic N) is 1. The molecule has 0 aromatic rings. The second-order valence-electron chi connectivity index (χ2n) is 8.48. The number of hydrogen-bond donors (Lipinski definition) is 1. The van der Waals surface area contributed by atoms with Crippen LogP contribution in [0, 0.1) is 11.8 Å². The average Bonchev–Trinajstić information content (AvgIpc) is 2.53. The second kappa shape index (κ2) is 7.42. The van der Waals surface area contributed by atoms with Gasteiger partial charge in [-0.15, -0.1) is 0 Å². The van der Waals surface area contributed by atoms with Gasteiger partial charge in [0.2, 0.25) is 0 Å². The molecular formula is C19H33NO4. The molecule has 1 aliphatic carbocycles. The van der Waals surface area contributed by atoms with Gasteiger partial charge in [0, 0.05) is 0 Å². The van der Waals surface area contributed by atoms with Crippen molar-refractivity contribution in [2.45, 2.75) is 83.8 Å². The predicted molar refractivity (Wildman–Crippen MR) is 92.8 cm³/mol. The molecule has 0 unspecified atom stereocenters. The molecule has 0 radical (unpaired) electrons. The third kappa shape index (κ3) is 4.29. The molecule has 5 heteroatoms. The zero-order chi connectivity index (χ0) is 18.0. The molecule has 0 bridgehead atoms. The van der Waals surface area contributed by atoms with E-state index in [-0.39, 0.29) is 11.9 Å². The lowest BCUT2D eigenvalue weighted by Gasteiger charge is -2.48. The molecule has 0 aromatic carbocycles. The van der Waals surface area contributed by atoms with Crippen LogP contribution in [0.4, 0.5) is 0 Å². The molecule has 5 nitrogen and oxygen atoms in total. The Labute approximate surface area is 145 Å². The number of aliphatic carboxylic acids is 1. The Balaban J connectivity index is 2.16. The summed E-state index contributed by atoms with van der Waals surface area (Å²) in [6.07, 6.45) is 5.72. The number of likely N-dealkylation sites (tertiary alicyclic amines) is 1. The lowest BCUT2D eigenvalue weighted by atomic mass is 9.74. The molecule has 2 fully saturated rings. The Morgan fingerprint density at radius 3 is 2.08 bits per heavy atom. The quantitative estimate of drug-likeness (QED) is 0.795. The summed E-state index contributed by atoms with van der Waals surface area (Å²) in [4.78, 5) is 26.6. The van der Waals surface area contributed by atoms with Crippen LogP contribution in [0.25, 0.3) is 0 Å². The van der Waals surface area contributed by atoms with Crippen LogP contribution in [0.5, 0.6) is 0 Å². The van der Waals surface area contributed by atoms with Crippen LogP contribution in [0.2, 0.25) is 0 Å². The van der Waals surface area contributed by atoms with Gasteiger partial charge in [-0.2, -0.15) is 0 Å². The minimum atomic E-state index is -0.738. The van der Waals surface area contributed by atoms with Crippen LogP contribution < -0.4 is 0 Å². The number of carboxylic acid groups (broad SMARTS) is 1. The van der Waals surface area contributed by atoms with Crippen molar-refractivity contribution in [1.29, 1.82) is 0 Å². The summed E-state index contributed by atoms with van der Waals surface area (Å²) in [7, 11) is 0. The number of carbonyl (C=O) groups excluding carboxylic acids is 1. The van der Waals surface area contributed by atoms with E-state index in [2.05, 4.69) is 11.8 Å². The molecule has 1 heterocycles. The fourth-order valence-electron chi connectivity index (χ4n) is 4.13. The first-order valence-electron chi connectivity index (χ1n) is 9.39. The van der Waals surface area contributed by atoms with E-state index < -0.39 is 17.1 Å². The normalized spacial score (nSPS) is 30.1. The maximum absolute atomic E-state index is 13.1. The van der Waals surface area contributed by atoms with E-state index in [0.717, 1.165) is 31.8 Å². The lowest BCUT2D eigenvalue weighted by Crippen LogP contribution is -2.60. The third-order valence-corrected chi connectivity index (χ3v) is 5.74. The SMILES string of the molecule is CCC1CCN(C2(C(=O)OC(C)(C)C)CCC(C(=O)O)CC2)CC1. The van der Waals surface area contributed by atoms with Crippen molar-refractivity contribution in [3.8, 4) is 0 Å². The summed E-state index contributed by atoms with van der Waals surface area (Å²) in [6.45, 7) is 9.73. The van der Waals surface area contributed by atoms with Gasteiger partial charge < -0.3 is 9.84 Å². The van der Waals surface area contributed by atoms with Crippen LogP contribution >= 0.6 is 0 Å². The van der Waals surface area contributed by atoms with Gasteiger partial charge >= 0.3 is 11.9 Å². The minimum absolute atomic E-state index is 0.159. The molecule has 2 rings (SSSR count). The highest BCUT2D eigenvalue weighted by molar-refractivity contribution is 5.82. The van der Waals surface area contributed by atoms with Gasteiger partial charge in [0.25, 0.3) is 0 Å². The fraction of sp³-hybridized carbons (Fsp3) is 0.895. The predicted octanol–water partition coefficient (Wildman–Crippen LogP) is 3.46. The van der Waals surface area contributed by atoms with Crippen LogP contribution in [0.15, 0.2) is 0 Å². The van der Waals surface area contributed by atoms with Crippen LogP contribution in [0.1, 0.15) is 72.6 Å². The molecule has 0 spiro atoms. The largest absolute Gasteiger partial charge is 0.481 e. The molecule has 1 aliphatic heterocycles. The van der Waals surface area contributed by atoms with Crippen LogP contribution in [-0.2, 0) is 14.3 Å². The zero-order valence-corrected chi connectivity index (χ0v) is 15.6. The van der Waals surface area contributed by atoms with E-state index in [4.69, 9.17) is 4.74 Å². The van der Waals surface area contributed by atoms with E-state index in [1.54, 1.807) is 0 Å². The fourth-order valence-corrected chi connectivity index (χ4v) is 4.13. The van der Waals surface area contributed by atoms with Crippen LogP contribution in [0.3, 0.4) is 0 Å². The van der Waals surface area contributed by atoms with Gasteiger partial charge in [-0.1, -0.05) is 13.3 Å². The monoisotopic (exact) mass is 339 g/mol. The Kier molecular flexibility index (Phi) is 5.95. The summed E-state index contributed by atoms with van der Waals surface area (Å²) in [5.41, 5.74) is -1.15. The van der Waals surface area contributed by atoms with Crippen molar-refractivity contribution < 1.29 is 19.4 Å². The number of carboxylic acids is 1. The highest BCUT2D eigenvalue weighted by Gasteiger charge is 2.50. The Morgan fingerprint density at radius 2 is 1.67 bits per heavy atom. The topological polar surface area (TPSA) is 66.8 Å². The van der Waals surface area contributed by atoms with Crippen molar-refractivity contribution in [2.24, 2.45) is 11.8 Å². The van der Waals surface area contributed by atoms with E-state index in [9.17, 15) is 14.7 Å². The molecule has 1 N–H and O–H groups in total. The van der Waals surface area contributed by atoms with E-state index in [1.807, 2.05) is 20.8 Å². The Hall–Kier alpha value is -1.10. The third-order valence-electron chi connectivity index (χ3n) is 5.74. The highest BCUT2D eigenvalue weighted by Crippen LogP contribution is 2.40. The number of hydrogen-bond acceptors (Lipinski definition) is 4. The number of esters is 1. The van der Waals surface area contributed by atoms with Crippen molar-refractivity contribution in [3.05, 3.63) is 0 Å². The van der Waals surface area contributed by atoms with Crippen LogP contribution in [-0.4, -0.2) is 46.2 Å². The van der Waals surface area contributed by atoms with Gasteiger partial charge in [-0.3, -0.25) is 14.5 Å². The summed E-state index contributed by atoms with van der Waals surface area (Å²) < 4.78 is 5.75. The van der Waals surface area contributed by atoms with Gasteiger partial charge in [-0.05, 0) is 78.3 Å². The molecule has 0 amide bonds. The summed E-state index contributed by atoms with van der Waals surface area (Å²) in [5, 5.41) is 9.28. The molecule has 1 saturated heterocycles. The summed E-state index contributed by atoms with van der Waals surface area (Å²) in [5.74, 6) is -0.479. The van der Waals surface area contributed by atoms with Gasteiger partial charge in [-0.25, -0.2) is 0 Å². The maximum Gasteiger partial charge on any atom is 0.327 e. The number of ether oxygens (including phenoxy) is 1. The van der Waals surface area contributed by atoms with Crippen molar-refractivity contribution in [1.82, 2.24) is 4.90 Å². The van der Waals surface area contributed by atoms with E-state index >= 15 is 0 Å². The van der Waals surface area contributed by atoms with E-state index in [1.165, 1.54) is 6.42 Å². The highest BCUT2D eigenvalue weighted by atomic mass is 16.6. The van der Waals surface area contributed by atoms with Crippen molar-refractivity contribution >= 4 is 11.9 Å². The molecule has 0 aromatic heterocycles. The van der Waals surface area contributed by atoms with Crippen molar-refractivity contribution in [2.75, 3.05) is 13.1 Å². The first-order valence-corrected chi connectivity index (χ1v) is 9.39. The number of rotatable bonds is 4. The van der Waals surface area contributed by atoms with E-state index in [0.29, 0.717) is 25.7 Å². The molecule has 138 valence electrons. The number of piperidine rings is 1. The molecular weight excluding hydrogens is 306 g/mol. The standard InChI is InChI=1S/C19H33NO4/c1-5-14-8-12-20(13-9-14)19(17(23)24-18(2,3)4)10-6-15(7-11-19)16(21)22/h14-15H,5-13H2,1-4H3,(H,21,22). The Bertz CT molecular complexity index is 452. The van der Waals surface area contributed by atoms with Gasteiger partial charge in [0.05, 0.1) is 5.92 Å². The lowest BCUT2D eigenvalue weighted by molar-refractivity contribution is -0.176. The number of carbonyl (C=O) groups is 2. The first-order chi connectivity index (χ1) is 11.2. The summed E-state index contributed by atoms with van der Waals surface area (Å²) >= 11 is 0. The molecule has 1 saturated carbocycles. The molecule has 24 heavy (non-hydrogen) atoms. The van der Waals surface area contributed by atoms with Gasteiger partial charge in [0.1, 0.15) is 11.1 Å². The summed E-state index contributed by atoms with van der Waals surface area (Å²) in [6, 6.07) is 0. The average molecular weight is 339 g/mol. The van der Waals surface area contributed by atoms with Crippen molar-refractivity contribution in [3.63, 3.8) is 0 Å². The zero-order valence-electron chi connectivity index (χ0n) is 15.6. The molecule has 2 aliphatic rings. The minimum Gasteiger partial charge on any atom is -0.481 e. The van der Waals surface area contributed by atoms with Gasteiger partial charge in [0.15, 0.2) is 0 Å². The first kappa shape index (κ1) is 19.2. The molecule has 0 atom stereocenters. The Morgan fingerprint density at radius 1 is 1.12 bits per heavy atom. The second-order valence-corrected chi connectivity index (χ2v) is 8.48.